The predicted molar refractivity (Wildman–Crippen MR) is 188 cm³/mol. The van der Waals surface area contributed by atoms with Gasteiger partial charge in [0.25, 0.3) is 5.91 Å². The van der Waals surface area contributed by atoms with Crippen LogP contribution in [0.2, 0.25) is 0 Å². The first-order chi connectivity index (χ1) is 23.0. The average molecular weight is 668 g/mol. The van der Waals surface area contributed by atoms with E-state index in [1.807, 2.05) is 0 Å². The van der Waals surface area contributed by atoms with Crippen molar-refractivity contribution in [1.82, 2.24) is 20.4 Å². The second kappa shape index (κ2) is 21.5. The van der Waals surface area contributed by atoms with Crippen molar-refractivity contribution >= 4 is 23.9 Å². The molecule has 0 aliphatic carbocycles. The normalized spacial score (nSPS) is 11.3. The number of hydrogen-bond donors (Lipinski definition) is 3. The van der Waals surface area contributed by atoms with Gasteiger partial charge < -0.3 is 30.5 Å². The molecule has 262 valence electrons. The van der Waals surface area contributed by atoms with Crippen LogP contribution in [0.3, 0.4) is 0 Å². The third-order valence-corrected chi connectivity index (χ3v) is 7.43. The highest BCUT2D eigenvalue weighted by atomic mass is 19.1. The molecule has 0 aliphatic heterocycles. The maximum absolute atomic E-state index is 13.8. The number of benzene rings is 3. The molecule has 48 heavy (non-hydrogen) atoms. The number of anilines is 1. The van der Waals surface area contributed by atoms with E-state index in [4.69, 9.17) is 4.74 Å². The Morgan fingerprint density at radius 3 is 2.12 bits per heavy atom. The molecule has 0 spiro atoms. The molecule has 3 rings (SSSR count). The van der Waals surface area contributed by atoms with Crippen LogP contribution in [0, 0.1) is 18.6 Å². The molecule has 0 aromatic heterocycles. The van der Waals surface area contributed by atoms with Gasteiger partial charge in [-0.15, -0.1) is 0 Å². The summed E-state index contributed by atoms with van der Waals surface area (Å²) >= 11 is 0. The largest absolute Gasteiger partial charge is 0.497 e. The highest BCUT2D eigenvalue weighted by Gasteiger charge is 2.17. The van der Waals surface area contributed by atoms with Crippen LogP contribution >= 0.6 is 0 Å². The Labute approximate surface area is 284 Å². The van der Waals surface area contributed by atoms with E-state index in [0.717, 1.165) is 11.6 Å². The number of ether oxygens (including phenoxy) is 1. The zero-order valence-corrected chi connectivity index (χ0v) is 29.1. The molecule has 0 heterocycles. The molecule has 11 heteroatoms. The Morgan fingerprint density at radius 1 is 0.896 bits per heavy atom. The molecule has 9 nitrogen and oxygen atoms in total. The van der Waals surface area contributed by atoms with Crippen LogP contribution in [0.5, 0.6) is 5.75 Å². The second-order valence-corrected chi connectivity index (χ2v) is 11.8. The van der Waals surface area contributed by atoms with E-state index < -0.39 is 17.7 Å². The molecule has 0 radical (unpaired) electrons. The lowest BCUT2D eigenvalue weighted by Gasteiger charge is -2.21. The number of aldehydes is 1. The summed E-state index contributed by atoms with van der Waals surface area (Å²) in [6.45, 7) is 10.1. The number of halogens is 2. The molecule has 0 saturated carbocycles. The van der Waals surface area contributed by atoms with Crippen molar-refractivity contribution in [2.75, 3.05) is 59.2 Å². The lowest BCUT2D eigenvalue weighted by Crippen LogP contribution is -2.40. The number of carbonyl (C=O) groups is 3. The van der Waals surface area contributed by atoms with Crippen molar-refractivity contribution in [3.05, 3.63) is 94.6 Å². The van der Waals surface area contributed by atoms with E-state index in [0.29, 0.717) is 60.5 Å². The van der Waals surface area contributed by atoms with Crippen LogP contribution in [0.4, 0.5) is 19.3 Å². The molecular formula is C37H51F2N5O4. The fraction of sp³-hybridized carbons (Fsp3) is 0.432. The molecule has 3 aromatic rings. The summed E-state index contributed by atoms with van der Waals surface area (Å²) in [5, 5.41) is 8.99. The van der Waals surface area contributed by atoms with Crippen LogP contribution < -0.4 is 20.7 Å². The Kier molecular flexibility index (Phi) is 17.8. The minimum atomic E-state index is -0.691. The van der Waals surface area contributed by atoms with Crippen molar-refractivity contribution in [3.8, 4) is 5.75 Å². The van der Waals surface area contributed by atoms with E-state index >= 15 is 0 Å². The van der Waals surface area contributed by atoms with E-state index in [1.165, 1.54) is 49.0 Å². The van der Waals surface area contributed by atoms with Crippen LogP contribution in [0.25, 0.3) is 0 Å². The van der Waals surface area contributed by atoms with E-state index in [9.17, 15) is 23.2 Å². The van der Waals surface area contributed by atoms with E-state index in [-0.39, 0.29) is 18.4 Å². The smallest absolute Gasteiger partial charge is 0.321 e. The average Bonchev–Trinajstić information content (AvgIpc) is 3.04. The first-order valence-corrected chi connectivity index (χ1v) is 16.4. The number of urea groups is 1. The molecule has 1 atom stereocenters. The van der Waals surface area contributed by atoms with Gasteiger partial charge in [-0.1, -0.05) is 13.8 Å². The van der Waals surface area contributed by atoms with Gasteiger partial charge >= 0.3 is 6.03 Å². The number of hydrogen-bond acceptors (Lipinski definition) is 6. The fourth-order valence-electron chi connectivity index (χ4n) is 5.04. The van der Waals surface area contributed by atoms with E-state index in [2.05, 4.69) is 41.7 Å². The van der Waals surface area contributed by atoms with Crippen LogP contribution in [0.15, 0.2) is 60.7 Å². The predicted octanol–water partition coefficient (Wildman–Crippen LogP) is 6.32. The van der Waals surface area contributed by atoms with Crippen LogP contribution in [0.1, 0.15) is 65.0 Å². The van der Waals surface area contributed by atoms with Crippen molar-refractivity contribution in [2.24, 2.45) is 0 Å². The lowest BCUT2D eigenvalue weighted by molar-refractivity contribution is 0.0934. The molecule has 0 aliphatic rings. The Balaban J connectivity index is 0.000000886. The van der Waals surface area contributed by atoms with Crippen LogP contribution in [-0.2, 0) is 6.42 Å². The van der Waals surface area contributed by atoms with Gasteiger partial charge in [-0.3, -0.25) is 9.59 Å². The zero-order chi connectivity index (χ0) is 35.5. The Bertz CT molecular complexity index is 1410. The summed E-state index contributed by atoms with van der Waals surface area (Å²) in [6.07, 6.45) is 3.89. The number of aryl methyl sites for hydroxylation is 1. The van der Waals surface area contributed by atoms with Gasteiger partial charge in [-0.05, 0) is 125 Å². The summed E-state index contributed by atoms with van der Waals surface area (Å²) in [4.78, 5) is 40.6. The molecular weight excluding hydrogens is 616 g/mol. The van der Waals surface area contributed by atoms with Gasteiger partial charge in [0.2, 0.25) is 0 Å². The summed E-state index contributed by atoms with van der Waals surface area (Å²) in [5.41, 5.74) is 2.54. The molecule has 3 amide bonds. The van der Waals surface area contributed by atoms with Crippen molar-refractivity contribution in [2.45, 2.75) is 52.5 Å². The molecule has 0 fully saturated rings. The highest BCUT2D eigenvalue weighted by Crippen LogP contribution is 2.16. The summed E-state index contributed by atoms with van der Waals surface area (Å²) in [6, 6.07) is 14.4. The second-order valence-electron chi connectivity index (χ2n) is 11.8. The fourth-order valence-corrected chi connectivity index (χ4v) is 5.04. The number of amides is 3. The van der Waals surface area contributed by atoms with Gasteiger partial charge in [0.1, 0.15) is 23.7 Å². The summed E-state index contributed by atoms with van der Waals surface area (Å²) in [7, 11) is 5.42. The summed E-state index contributed by atoms with van der Waals surface area (Å²) in [5.74, 6) is -1.08. The number of nitrogens with zero attached hydrogens (tertiary/aromatic N) is 2. The SMILES string of the molecule is CCCN(C)CCC.COc1ccc(NC(=O)N(C)CCNCC[C@H](Cc2cc(F)cc(F)c2)NC(=O)c2cc(C)cc(C=O)c2)cc1. The van der Waals surface area contributed by atoms with Gasteiger partial charge in [-0.2, -0.15) is 0 Å². The van der Waals surface area contributed by atoms with Crippen molar-refractivity contribution in [3.63, 3.8) is 0 Å². The first-order valence-electron chi connectivity index (χ1n) is 16.4. The van der Waals surface area contributed by atoms with Crippen LogP contribution in [-0.4, -0.2) is 88.0 Å². The molecule has 0 unspecified atom stereocenters. The van der Waals surface area contributed by atoms with Crippen molar-refractivity contribution in [1.29, 1.82) is 0 Å². The van der Waals surface area contributed by atoms with Crippen molar-refractivity contribution < 1.29 is 27.9 Å². The molecule has 3 N–H and O–H groups in total. The number of likely N-dealkylation sites (N-methyl/N-ethyl adjacent to an activating group) is 1. The number of carbonyl (C=O) groups excluding carboxylic acids is 3. The van der Waals surface area contributed by atoms with Gasteiger partial charge in [0.05, 0.1) is 7.11 Å². The highest BCUT2D eigenvalue weighted by molar-refractivity contribution is 5.96. The number of rotatable bonds is 17. The monoisotopic (exact) mass is 667 g/mol. The number of nitrogens with one attached hydrogen (secondary N) is 3. The summed E-state index contributed by atoms with van der Waals surface area (Å²) < 4.78 is 32.7. The lowest BCUT2D eigenvalue weighted by atomic mass is 10.0. The third kappa shape index (κ3) is 15.0. The molecule has 0 bridgehead atoms. The quantitative estimate of drug-likeness (QED) is 0.115. The topological polar surface area (TPSA) is 103 Å². The van der Waals surface area contributed by atoms with Gasteiger partial charge in [0.15, 0.2) is 0 Å². The first kappa shape index (κ1) is 39.8. The van der Waals surface area contributed by atoms with Gasteiger partial charge in [0, 0.05) is 49.1 Å². The molecule has 0 saturated heterocycles. The maximum atomic E-state index is 13.8. The third-order valence-electron chi connectivity index (χ3n) is 7.43. The zero-order valence-electron chi connectivity index (χ0n) is 29.1. The van der Waals surface area contributed by atoms with Gasteiger partial charge in [-0.25, -0.2) is 13.6 Å². The minimum absolute atomic E-state index is 0.207. The van der Waals surface area contributed by atoms with E-state index in [1.54, 1.807) is 57.5 Å². The Hall–Kier alpha value is -4.35. The maximum Gasteiger partial charge on any atom is 0.321 e. The number of methoxy groups -OCH3 is 1. The standard InChI is InChI=1S/C30H34F2N4O4.C7H17N/c1-20-12-22(19-37)14-23(13-20)29(38)34-27(17-21-15-24(31)18-25(32)16-21)8-9-33-10-11-36(2)30(39)35-26-4-6-28(40-3)7-5-26;1-4-6-8(3)7-5-2/h4-7,12-16,18-19,27,33H,8-11,17H2,1-3H3,(H,34,38)(H,35,39);4-7H2,1-3H3/t27-;/m1./s1. The minimum Gasteiger partial charge on any atom is -0.497 e. The molecule has 3 aromatic carbocycles. The Morgan fingerprint density at radius 2 is 1.54 bits per heavy atom.